The van der Waals surface area contributed by atoms with E-state index in [1.54, 1.807) is 5.57 Å². The van der Waals surface area contributed by atoms with Gasteiger partial charge in [0, 0.05) is 76.3 Å². The van der Waals surface area contributed by atoms with Crippen LogP contribution in [0.5, 0.6) is 0 Å². The van der Waals surface area contributed by atoms with E-state index in [0.717, 1.165) is 38.6 Å². The van der Waals surface area contributed by atoms with Crippen LogP contribution in [0.3, 0.4) is 0 Å². The van der Waals surface area contributed by atoms with Gasteiger partial charge in [-0.25, -0.2) is 0 Å². The summed E-state index contributed by atoms with van der Waals surface area (Å²) in [6.45, 7) is 29.3. The van der Waals surface area contributed by atoms with E-state index >= 15 is 0 Å². The number of nitrogens with two attached hydrogens (primary N) is 1. The molecule has 0 radical (unpaired) electrons. The number of hydrogen-bond donors (Lipinski definition) is 3. The largest absolute Gasteiger partial charge is 0.390 e. The van der Waals surface area contributed by atoms with Gasteiger partial charge in [-0.15, -0.1) is 0 Å². The highest BCUT2D eigenvalue weighted by Gasteiger charge is 2.37. The molecule has 276 valence electrons. The number of rotatable bonds is 22. The molecule has 6 heteroatoms. The summed E-state index contributed by atoms with van der Waals surface area (Å²) in [4.78, 5) is 7.79. The van der Waals surface area contributed by atoms with Gasteiger partial charge >= 0.3 is 0 Å². The van der Waals surface area contributed by atoms with Crippen molar-refractivity contribution in [3.8, 4) is 0 Å². The van der Waals surface area contributed by atoms with Crippen LogP contribution in [0.15, 0.2) is 23.5 Å². The number of piperidine rings is 1. The lowest BCUT2D eigenvalue weighted by atomic mass is 9.73. The standard InChI is InChI=1S/C41H82N6/c1-12-35(34(2)3)30-40(6,7)24-23-39(4,5)21-17-25-44-32-37(45(10)11)18-15-13-14-16-22-41(8,9)47-29-28-46(33-38(47)31-42)36-19-26-43-27-20-36/h12,32,34,36,38,43-44H,13-31,33,42H2,1-11H3/b35-12-,37-32-. The minimum Gasteiger partial charge on any atom is -0.390 e. The Bertz CT molecular complexity index is 911. The Morgan fingerprint density at radius 1 is 0.894 bits per heavy atom. The van der Waals surface area contributed by atoms with Gasteiger partial charge in [-0.3, -0.25) is 9.80 Å². The Kier molecular flexibility index (Phi) is 18.4. The van der Waals surface area contributed by atoms with E-state index < -0.39 is 0 Å². The SMILES string of the molecule is C/C=C(/CC(C)(C)CCC(C)(C)CCCN/C=C(/CCCCCCC(C)(C)N1CCN(C2CCNCC2)CC1CN)N(C)C)C(C)C. The molecule has 47 heavy (non-hydrogen) atoms. The highest BCUT2D eigenvalue weighted by molar-refractivity contribution is 5.06. The van der Waals surface area contributed by atoms with Crippen LogP contribution in [0.25, 0.3) is 0 Å². The lowest BCUT2D eigenvalue weighted by Gasteiger charge is -2.51. The Hall–Kier alpha value is -1.08. The molecule has 0 bridgehead atoms. The summed E-state index contributed by atoms with van der Waals surface area (Å²) in [6, 6.07) is 1.23. The zero-order valence-electron chi connectivity index (χ0n) is 33.4. The Labute approximate surface area is 294 Å². The molecule has 2 saturated heterocycles. The van der Waals surface area contributed by atoms with E-state index in [9.17, 15) is 0 Å². The van der Waals surface area contributed by atoms with Crippen molar-refractivity contribution in [3.63, 3.8) is 0 Å². The maximum Gasteiger partial charge on any atom is 0.0351 e. The van der Waals surface area contributed by atoms with E-state index in [0.29, 0.717) is 22.8 Å². The molecule has 0 saturated carbocycles. The average Bonchev–Trinajstić information content (AvgIpc) is 3.03. The third kappa shape index (κ3) is 15.6. The third-order valence-corrected chi connectivity index (χ3v) is 11.7. The molecule has 0 amide bonds. The predicted molar refractivity (Wildman–Crippen MR) is 208 cm³/mol. The van der Waals surface area contributed by atoms with Gasteiger partial charge in [-0.1, -0.05) is 72.5 Å². The van der Waals surface area contributed by atoms with Crippen LogP contribution in [0.1, 0.15) is 146 Å². The first-order chi connectivity index (χ1) is 22.1. The summed E-state index contributed by atoms with van der Waals surface area (Å²) < 4.78 is 0. The zero-order valence-corrected chi connectivity index (χ0v) is 33.4. The monoisotopic (exact) mass is 659 g/mol. The van der Waals surface area contributed by atoms with Gasteiger partial charge in [0.2, 0.25) is 0 Å². The molecule has 1 atom stereocenters. The summed E-state index contributed by atoms with van der Waals surface area (Å²) in [6.07, 6.45) is 21.1. The molecule has 2 aliphatic rings. The third-order valence-electron chi connectivity index (χ3n) is 11.7. The van der Waals surface area contributed by atoms with Gasteiger partial charge < -0.3 is 21.3 Å². The van der Waals surface area contributed by atoms with Crippen LogP contribution in [0, 0.1) is 16.7 Å². The molecule has 0 aromatic carbocycles. The van der Waals surface area contributed by atoms with Crippen LogP contribution in [0.4, 0.5) is 0 Å². The second-order valence-corrected chi connectivity index (χ2v) is 17.9. The van der Waals surface area contributed by atoms with E-state index in [1.807, 2.05) is 0 Å². The summed E-state index contributed by atoms with van der Waals surface area (Å²) in [5.41, 5.74) is 10.4. The lowest BCUT2D eigenvalue weighted by Crippen LogP contribution is -2.64. The van der Waals surface area contributed by atoms with Gasteiger partial charge in [-0.05, 0) is 115 Å². The zero-order chi connectivity index (χ0) is 35.1. The number of piperazine rings is 1. The molecular weight excluding hydrogens is 576 g/mol. The van der Waals surface area contributed by atoms with Crippen LogP contribution in [-0.2, 0) is 0 Å². The molecule has 0 aromatic heterocycles. The van der Waals surface area contributed by atoms with Gasteiger partial charge in [0.05, 0.1) is 0 Å². The minimum absolute atomic E-state index is 0.220. The summed E-state index contributed by atoms with van der Waals surface area (Å²) in [7, 11) is 4.39. The number of allylic oxidation sites excluding steroid dienone is 3. The second kappa shape index (κ2) is 20.6. The van der Waals surface area contributed by atoms with Gasteiger partial charge in [0.15, 0.2) is 0 Å². The topological polar surface area (TPSA) is 59.8 Å². The van der Waals surface area contributed by atoms with E-state index in [-0.39, 0.29) is 5.54 Å². The second-order valence-electron chi connectivity index (χ2n) is 17.9. The Morgan fingerprint density at radius 2 is 1.55 bits per heavy atom. The first-order valence-corrected chi connectivity index (χ1v) is 19.8. The summed E-state index contributed by atoms with van der Waals surface area (Å²) in [5.74, 6) is 0.654. The maximum atomic E-state index is 6.35. The molecule has 0 aliphatic carbocycles. The smallest absolute Gasteiger partial charge is 0.0351 e. The molecular formula is C41H82N6. The minimum atomic E-state index is 0.220. The number of nitrogens with zero attached hydrogens (tertiary/aromatic N) is 3. The number of hydrogen-bond acceptors (Lipinski definition) is 6. The van der Waals surface area contributed by atoms with Crippen molar-refractivity contribution >= 4 is 0 Å². The molecule has 2 heterocycles. The molecule has 4 N–H and O–H groups in total. The maximum absolute atomic E-state index is 6.35. The fourth-order valence-corrected chi connectivity index (χ4v) is 8.11. The van der Waals surface area contributed by atoms with E-state index in [4.69, 9.17) is 5.73 Å². The summed E-state index contributed by atoms with van der Waals surface area (Å²) >= 11 is 0. The molecule has 0 spiro atoms. The Morgan fingerprint density at radius 3 is 2.17 bits per heavy atom. The molecule has 1 unspecified atom stereocenters. The lowest BCUT2D eigenvalue weighted by molar-refractivity contribution is -0.0180. The predicted octanol–water partition coefficient (Wildman–Crippen LogP) is 8.40. The fraction of sp³-hybridized carbons (Fsp3) is 0.902. The van der Waals surface area contributed by atoms with Crippen LogP contribution in [-0.4, -0.2) is 92.2 Å². The van der Waals surface area contributed by atoms with Crippen molar-refractivity contribution in [1.29, 1.82) is 0 Å². The average molecular weight is 659 g/mol. The van der Waals surface area contributed by atoms with Crippen molar-refractivity contribution in [2.75, 3.05) is 59.9 Å². The van der Waals surface area contributed by atoms with Crippen molar-refractivity contribution in [3.05, 3.63) is 23.5 Å². The van der Waals surface area contributed by atoms with Crippen LogP contribution < -0.4 is 16.4 Å². The number of unbranched alkanes of at least 4 members (excludes halogenated alkanes) is 3. The van der Waals surface area contributed by atoms with Crippen molar-refractivity contribution in [1.82, 2.24) is 25.3 Å². The van der Waals surface area contributed by atoms with Crippen molar-refractivity contribution in [2.45, 2.75) is 163 Å². The molecule has 6 nitrogen and oxygen atoms in total. The van der Waals surface area contributed by atoms with Crippen molar-refractivity contribution in [2.24, 2.45) is 22.5 Å². The van der Waals surface area contributed by atoms with E-state index in [2.05, 4.69) is 114 Å². The number of nitrogens with one attached hydrogen (secondary N) is 2. The van der Waals surface area contributed by atoms with Crippen LogP contribution in [0.2, 0.25) is 0 Å². The highest BCUT2D eigenvalue weighted by Crippen LogP contribution is 2.38. The summed E-state index contributed by atoms with van der Waals surface area (Å²) in [5, 5.41) is 7.19. The highest BCUT2D eigenvalue weighted by atomic mass is 15.3. The Balaban J connectivity index is 1.66. The molecule has 0 aromatic rings. The normalized spacial score (nSPS) is 20.3. The van der Waals surface area contributed by atoms with Gasteiger partial charge in [0.1, 0.15) is 0 Å². The first-order valence-electron chi connectivity index (χ1n) is 19.8. The molecule has 2 fully saturated rings. The van der Waals surface area contributed by atoms with E-state index in [1.165, 1.54) is 102 Å². The quantitative estimate of drug-likeness (QED) is 0.0803. The van der Waals surface area contributed by atoms with Gasteiger partial charge in [0.25, 0.3) is 0 Å². The fourth-order valence-electron chi connectivity index (χ4n) is 8.11. The van der Waals surface area contributed by atoms with Crippen LogP contribution >= 0.6 is 0 Å². The van der Waals surface area contributed by atoms with Crippen molar-refractivity contribution < 1.29 is 0 Å². The first kappa shape index (κ1) is 42.1. The molecule has 2 rings (SSSR count). The van der Waals surface area contributed by atoms with Gasteiger partial charge in [-0.2, -0.15) is 0 Å². The molecule has 2 aliphatic heterocycles.